The Balaban J connectivity index is 1.80. The van der Waals surface area contributed by atoms with Crippen molar-refractivity contribution in [1.29, 1.82) is 0 Å². The molecule has 0 saturated heterocycles. The molecule has 1 atom stereocenters. The number of benzene rings is 1. The van der Waals surface area contributed by atoms with Gasteiger partial charge >= 0.3 is 0 Å². The van der Waals surface area contributed by atoms with Crippen molar-refractivity contribution in [2.45, 2.75) is 32.2 Å². The van der Waals surface area contributed by atoms with Gasteiger partial charge < -0.3 is 10.3 Å². The molecule has 0 aliphatic heterocycles. The van der Waals surface area contributed by atoms with E-state index in [9.17, 15) is 9.59 Å². The molecule has 1 unspecified atom stereocenters. The lowest BCUT2D eigenvalue weighted by Gasteiger charge is -2.22. The number of nitrogens with zero attached hydrogens (tertiary/aromatic N) is 1. The minimum absolute atomic E-state index is 0.0810. The number of Topliss-reactive ketones (excluding diaryl/α,β-unsaturated/α-hetero) is 1. The van der Waals surface area contributed by atoms with Gasteiger partial charge in [-0.05, 0) is 23.3 Å². The van der Waals surface area contributed by atoms with Crippen LogP contribution in [0.4, 0.5) is 0 Å². The topological polar surface area (TPSA) is 74.8 Å². The highest BCUT2D eigenvalue weighted by molar-refractivity contribution is 6.02. The average molecular weight is 359 g/mol. The van der Waals surface area contributed by atoms with Crippen LogP contribution in [0.1, 0.15) is 40.5 Å². The third-order valence-corrected chi connectivity index (χ3v) is 4.94. The third kappa shape index (κ3) is 3.53. The fourth-order valence-electron chi connectivity index (χ4n) is 3.86. The first-order valence-electron chi connectivity index (χ1n) is 9.10. The van der Waals surface area contributed by atoms with Gasteiger partial charge in [-0.25, -0.2) is 0 Å². The van der Waals surface area contributed by atoms with E-state index >= 15 is 0 Å². The minimum atomic E-state index is -0.156. The van der Waals surface area contributed by atoms with Crippen LogP contribution in [0.15, 0.2) is 54.9 Å². The molecule has 0 bridgehead atoms. The van der Waals surface area contributed by atoms with Crippen molar-refractivity contribution >= 4 is 11.7 Å². The van der Waals surface area contributed by atoms with E-state index < -0.39 is 0 Å². The number of aromatic amines is 1. The fraction of sp³-hybridized carbons (Fsp3) is 0.227. The molecule has 0 radical (unpaired) electrons. The molecule has 5 nitrogen and oxygen atoms in total. The first-order valence-corrected chi connectivity index (χ1v) is 9.10. The molecule has 1 aliphatic rings. The van der Waals surface area contributed by atoms with E-state index in [2.05, 4.69) is 27.4 Å². The molecule has 1 aromatic carbocycles. The van der Waals surface area contributed by atoms with Crippen molar-refractivity contribution in [3.05, 3.63) is 77.2 Å². The number of pyridine rings is 1. The number of aromatic nitrogens is 2. The highest BCUT2D eigenvalue weighted by Gasteiger charge is 2.31. The van der Waals surface area contributed by atoms with Crippen LogP contribution in [0, 0.1) is 0 Å². The Hall–Kier alpha value is -3.21. The van der Waals surface area contributed by atoms with E-state index in [4.69, 9.17) is 0 Å². The summed E-state index contributed by atoms with van der Waals surface area (Å²) in [5, 5.41) is 2.88. The monoisotopic (exact) mass is 359 g/mol. The zero-order valence-electron chi connectivity index (χ0n) is 15.2. The van der Waals surface area contributed by atoms with Crippen molar-refractivity contribution < 1.29 is 9.59 Å². The van der Waals surface area contributed by atoms with E-state index in [0.717, 1.165) is 33.6 Å². The van der Waals surface area contributed by atoms with Crippen molar-refractivity contribution in [2.24, 2.45) is 0 Å². The molecule has 0 spiro atoms. The van der Waals surface area contributed by atoms with Crippen LogP contribution in [-0.4, -0.2) is 27.7 Å². The maximum Gasteiger partial charge on any atom is 0.217 e. The predicted octanol–water partition coefficient (Wildman–Crippen LogP) is 3.30. The minimum Gasteiger partial charge on any atom is -0.357 e. The number of H-pyrrole nitrogens is 1. The second-order valence-corrected chi connectivity index (χ2v) is 6.96. The van der Waals surface area contributed by atoms with Crippen molar-refractivity contribution in [3.8, 4) is 11.3 Å². The van der Waals surface area contributed by atoms with Gasteiger partial charge in [0.2, 0.25) is 5.91 Å². The molecule has 1 aliphatic carbocycles. The van der Waals surface area contributed by atoms with Gasteiger partial charge in [-0.2, -0.15) is 0 Å². The Morgan fingerprint density at radius 1 is 1.15 bits per heavy atom. The van der Waals surface area contributed by atoms with E-state index in [1.165, 1.54) is 6.92 Å². The molecule has 0 fully saturated rings. The number of fused-ring (bicyclic) bond motifs is 1. The van der Waals surface area contributed by atoms with Gasteiger partial charge in [0.1, 0.15) is 0 Å². The van der Waals surface area contributed by atoms with Crippen LogP contribution in [0.5, 0.6) is 0 Å². The molecule has 27 heavy (non-hydrogen) atoms. The second kappa shape index (κ2) is 7.19. The number of ketones is 1. The highest BCUT2D eigenvalue weighted by Crippen LogP contribution is 2.34. The van der Waals surface area contributed by atoms with Gasteiger partial charge in [-0.3, -0.25) is 14.6 Å². The summed E-state index contributed by atoms with van der Waals surface area (Å²) in [5.41, 5.74) is 5.84. The second-order valence-electron chi connectivity index (χ2n) is 6.96. The maximum absolute atomic E-state index is 12.9. The molecule has 2 N–H and O–H groups in total. The lowest BCUT2D eigenvalue weighted by molar-refractivity contribution is -0.119. The number of carbonyl (C=O) groups is 2. The van der Waals surface area contributed by atoms with Crippen LogP contribution in [-0.2, 0) is 17.6 Å². The molecule has 1 amide bonds. The number of rotatable bonds is 4. The Morgan fingerprint density at radius 2 is 1.89 bits per heavy atom. The first kappa shape index (κ1) is 17.2. The van der Waals surface area contributed by atoms with Crippen LogP contribution in [0.2, 0.25) is 0 Å². The van der Waals surface area contributed by atoms with Gasteiger partial charge in [-0.15, -0.1) is 0 Å². The lowest BCUT2D eigenvalue weighted by Crippen LogP contribution is -2.39. The first-order chi connectivity index (χ1) is 13.1. The number of hydrogen-bond donors (Lipinski definition) is 2. The zero-order chi connectivity index (χ0) is 18.8. The summed E-state index contributed by atoms with van der Waals surface area (Å²) in [6.07, 6.45) is 5.16. The van der Waals surface area contributed by atoms with Gasteiger partial charge in [0.15, 0.2) is 5.78 Å². The van der Waals surface area contributed by atoms with Gasteiger partial charge in [-0.1, -0.05) is 30.3 Å². The summed E-state index contributed by atoms with van der Waals surface area (Å²) in [6.45, 7) is 1.48. The number of hydrogen-bond acceptors (Lipinski definition) is 3. The Kier molecular flexibility index (Phi) is 4.59. The number of nitrogens with one attached hydrogen (secondary N) is 2. The van der Waals surface area contributed by atoms with Crippen molar-refractivity contribution in [3.63, 3.8) is 0 Å². The quantitative estimate of drug-likeness (QED) is 0.750. The van der Waals surface area contributed by atoms with E-state index in [0.29, 0.717) is 19.3 Å². The maximum atomic E-state index is 12.9. The molecular formula is C22H21N3O2. The van der Waals surface area contributed by atoms with Crippen molar-refractivity contribution in [2.75, 3.05) is 0 Å². The molecule has 136 valence electrons. The molecule has 5 heteroatoms. The van der Waals surface area contributed by atoms with E-state index in [1.807, 2.05) is 30.3 Å². The largest absolute Gasteiger partial charge is 0.357 e. The summed E-state index contributed by atoms with van der Waals surface area (Å²) in [4.78, 5) is 31.9. The molecule has 3 aromatic rings. The summed E-state index contributed by atoms with van der Waals surface area (Å²) in [6, 6.07) is 13.9. The van der Waals surface area contributed by atoms with E-state index in [-0.39, 0.29) is 17.7 Å². The highest BCUT2D eigenvalue weighted by atomic mass is 16.1. The lowest BCUT2D eigenvalue weighted by atomic mass is 9.87. The summed E-state index contributed by atoms with van der Waals surface area (Å²) >= 11 is 0. The third-order valence-electron chi connectivity index (χ3n) is 4.94. The average Bonchev–Trinajstić information content (AvgIpc) is 3.01. The summed E-state index contributed by atoms with van der Waals surface area (Å²) in [7, 11) is 0. The zero-order valence-corrected chi connectivity index (χ0v) is 15.2. The molecular weight excluding hydrogens is 338 g/mol. The number of carbonyl (C=O) groups excluding carboxylic acids is 2. The van der Waals surface area contributed by atoms with Gasteiger partial charge in [0, 0.05) is 61.4 Å². The Bertz CT molecular complexity index is 978. The normalized spacial score (nSPS) is 16.0. The van der Waals surface area contributed by atoms with Gasteiger partial charge in [0.05, 0.1) is 5.69 Å². The fourth-order valence-corrected chi connectivity index (χ4v) is 3.86. The van der Waals surface area contributed by atoms with Crippen LogP contribution < -0.4 is 5.32 Å². The van der Waals surface area contributed by atoms with Gasteiger partial charge in [0.25, 0.3) is 0 Å². The molecule has 0 saturated carbocycles. The SMILES string of the molecule is CC(=O)NC1CC(=O)c2c([nH]c(-c3ccncc3)c2Cc2ccccc2)C1. The molecule has 2 heterocycles. The number of amides is 1. The molecule has 2 aromatic heterocycles. The Morgan fingerprint density at radius 3 is 2.59 bits per heavy atom. The standard InChI is InChI=1S/C22H21N3O2/c1-14(26)24-17-12-19-21(20(27)13-17)18(11-15-5-3-2-4-6-15)22(25-19)16-7-9-23-10-8-16/h2-10,17,25H,11-13H2,1H3,(H,24,26). The summed E-state index contributed by atoms with van der Waals surface area (Å²) < 4.78 is 0. The Labute approximate surface area is 157 Å². The smallest absolute Gasteiger partial charge is 0.217 e. The predicted molar refractivity (Wildman–Crippen MR) is 104 cm³/mol. The van der Waals surface area contributed by atoms with Crippen LogP contribution >= 0.6 is 0 Å². The van der Waals surface area contributed by atoms with Crippen LogP contribution in [0.25, 0.3) is 11.3 Å². The van der Waals surface area contributed by atoms with E-state index in [1.54, 1.807) is 12.4 Å². The van der Waals surface area contributed by atoms with Crippen LogP contribution in [0.3, 0.4) is 0 Å². The summed E-state index contributed by atoms with van der Waals surface area (Å²) in [5.74, 6) is -0.0286. The van der Waals surface area contributed by atoms with Crippen molar-refractivity contribution in [1.82, 2.24) is 15.3 Å². The molecule has 4 rings (SSSR count).